The summed E-state index contributed by atoms with van der Waals surface area (Å²) < 4.78 is 0. The smallest absolute Gasteiger partial charge is 0.0920 e. The van der Waals surface area contributed by atoms with Gasteiger partial charge < -0.3 is 10.2 Å². The molecule has 1 unspecified atom stereocenters. The minimum Gasteiger partial charge on any atom is -0.371 e. The first-order valence-electron chi connectivity index (χ1n) is 16.2. The van der Waals surface area contributed by atoms with Crippen LogP contribution in [0.25, 0.3) is 27.6 Å². The summed E-state index contributed by atoms with van der Waals surface area (Å²) >= 11 is 0. The molecule has 1 atom stereocenters. The molecule has 8 rings (SSSR count). The van der Waals surface area contributed by atoms with Gasteiger partial charge in [-0.3, -0.25) is 0 Å². The molecule has 1 aliphatic rings. The summed E-state index contributed by atoms with van der Waals surface area (Å²) in [5, 5.41) is 10.6. The highest BCUT2D eigenvalue weighted by atomic mass is 15.1. The van der Waals surface area contributed by atoms with E-state index < -0.39 is 5.54 Å². The molecule has 0 spiro atoms. The van der Waals surface area contributed by atoms with E-state index in [-0.39, 0.29) is 0 Å². The Morgan fingerprint density at radius 3 is 1.87 bits per heavy atom. The third-order valence-electron chi connectivity index (χ3n) is 9.66. The van der Waals surface area contributed by atoms with Gasteiger partial charge in [0.25, 0.3) is 0 Å². The summed E-state index contributed by atoms with van der Waals surface area (Å²) in [6.45, 7) is 8.69. The van der Waals surface area contributed by atoms with Crippen molar-refractivity contribution >= 4 is 50.4 Å². The maximum atomic E-state index is 4.09. The van der Waals surface area contributed by atoms with Crippen molar-refractivity contribution in [3.8, 4) is 0 Å². The fraction of sp³-hybridized carbons (Fsp3) is 0.136. The Kier molecular flexibility index (Phi) is 6.69. The van der Waals surface area contributed by atoms with Gasteiger partial charge in [0.15, 0.2) is 0 Å². The lowest BCUT2D eigenvalue weighted by Gasteiger charge is -2.40. The van der Waals surface area contributed by atoms with Crippen molar-refractivity contribution in [2.45, 2.75) is 39.7 Å². The van der Waals surface area contributed by atoms with E-state index in [2.05, 4.69) is 177 Å². The average molecular weight is 595 g/mol. The quantitative estimate of drug-likeness (QED) is 0.206. The molecule has 46 heavy (non-hydrogen) atoms. The van der Waals surface area contributed by atoms with E-state index in [0.29, 0.717) is 0 Å². The van der Waals surface area contributed by atoms with Crippen molar-refractivity contribution < 1.29 is 0 Å². The second-order valence-corrected chi connectivity index (χ2v) is 13.1. The molecule has 1 N–H and O–H groups in total. The largest absolute Gasteiger partial charge is 0.371 e. The van der Waals surface area contributed by atoms with Gasteiger partial charge in [-0.05, 0) is 126 Å². The first-order chi connectivity index (χ1) is 22.4. The molecule has 0 saturated carbocycles. The van der Waals surface area contributed by atoms with Crippen LogP contribution in [0.1, 0.15) is 39.8 Å². The summed E-state index contributed by atoms with van der Waals surface area (Å²) in [4.78, 5) is 2.43. The number of anilines is 4. The standard InChI is InChI=1S/C44H38N2/c1-29-9-5-13-35(25-29)44(45-36-14-6-10-30(2)26-36)24-23-34-17-20-39-41(22-19-33-18-21-40(44)43(34)42(33)39)46(37-15-7-11-31(3)27-37)38-16-8-12-32(4)28-38/h5-23,25-28,45H,24H2,1-4H3. The molecule has 1 aliphatic carbocycles. The highest BCUT2D eigenvalue weighted by Gasteiger charge is 2.37. The Balaban J connectivity index is 1.42. The van der Waals surface area contributed by atoms with Crippen LogP contribution in [0.4, 0.5) is 22.7 Å². The lowest BCUT2D eigenvalue weighted by molar-refractivity contribution is 0.613. The molecule has 2 heteroatoms. The van der Waals surface area contributed by atoms with E-state index in [1.165, 1.54) is 65.8 Å². The van der Waals surface area contributed by atoms with Crippen LogP contribution in [0.2, 0.25) is 0 Å². The van der Waals surface area contributed by atoms with Crippen LogP contribution in [0.3, 0.4) is 0 Å². The second kappa shape index (κ2) is 10.9. The first-order valence-corrected chi connectivity index (χ1v) is 16.2. The van der Waals surface area contributed by atoms with Gasteiger partial charge >= 0.3 is 0 Å². The third kappa shape index (κ3) is 4.64. The van der Waals surface area contributed by atoms with Crippen LogP contribution in [0.5, 0.6) is 0 Å². The van der Waals surface area contributed by atoms with Crippen molar-refractivity contribution in [1.82, 2.24) is 0 Å². The number of benzene rings is 7. The summed E-state index contributed by atoms with van der Waals surface area (Å²) in [6, 6.07) is 49.4. The molecule has 0 radical (unpaired) electrons. The van der Waals surface area contributed by atoms with Gasteiger partial charge in [-0.1, -0.05) is 103 Å². The van der Waals surface area contributed by atoms with Crippen LogP contribution in [-0.2, 0) is 5.54 Å². The fourth-order valence-corrected chi connectivity index (χ4v) is 7.56. The van der Waals surface area contributed by atoms with Crippen LogP contribution >= 0.6 is 0 Å². The van der Waals surface area contributed by atoms with Crippen molar-refractivity contribution in [2.75, 3.05) is 10.2 Å². The normalized spacial score (nSPS) is 15.6. The van der Waals surface area contributed by atoms with Gasteiger partial charge in [-0.25, -0.2) is 0 Å². The zero-order valence-corrected chi connectivity index (χ0v) is 26.9. The molecule has 0 fully saturated rings. The molecule has 2 nitrogen and oxygen atoms in total. The Labute approximate surface area is 271 Å². The summed E-state index contributed by atoms with van der Waals surface area (Å²) in [7, 11) is 0. The lowest BCUT2D eigenvalue weighted by Crippen LogP contribution is -2.39. The van der Waals surface area contributed by atoms with Crippen molar-refractivity contribution in [3.05, 3.63) is 172 Å². The topological polar surface area (TPSA) is 15.3 Å². The molecule has 0 saturated heterocycles. The molecule has 224 valence electrons. The van der Waals surface area contributed by atoms with Gasteiger partial charge in [-0.15, -0.1) is 0 Å². The number of hydrogen-bond acceptors (Lipinski definition) is 2. The third-order valence-corrected chi connectivity index (χ3v) is 9.66. The molecule has 0 bridgehead atoms. The predicted octanol–water partition coefficient (Wildman–Crippen LogP) is 11.0. The van der Waals surface area contributed by atoms with Crippen LogP contribution in [-0.4, -0.2) is 0 Å². The highest BCUT2D eigenvalue weighted by Crippen LogP contribution is 2.47. The zero-order valence-electron chi connectivity index (χ0n) is 26.9. The van der Waals surface area contributed by atoms with E-state index in [4.69, 9.17) is 0 Å². The Bertz CT molecular complexity index is 2290. The summed E-state index contributed by atoms with van der Waals surface area (Å²) in [5.41, 5.74) is 11.8. The monoisotopic (exact) mass is 594 g/mol. The number of rotatable bonds is 6. The van der Waals surface area contributed by atoms with Crippen LogP contribution < -0.4 is 15.4 Å². The van der Waals surface area contributed by atoms with E-state index in [1.807, 2.05) is 0 Å². The van der Waals surface area contributed by atoms with E-state index in [9.17, 15) is 0 Å². The maximum absolute atomic E-state index is 4.09. The minimum atomic E-state index is -0.419. The van der Waals surface area contributed by atoms with Gasteiger partial charge in [0.05, 0.1) is 11.2 Å². The Hall–Kier alpha value is -5.34. The number of aryl methyl sites for hydroxylation is 4. The van der Waals surface area contributed by atoms with Gasteiger partial charge in [-0.2, -0.15) is 0 Å². The van der Waals surface area contributed by atoms with Crippen LogP contribution in [0, 0.1) is 27.7 Å². The second-order valence-electron chi connectivity index (χ2n) is 13.1. The van der Waals surface area contributed by atoms with Gasteiger partial charge in [0.2, 0.25) is 0 Å². The average Bonchev–Trinajstić information content (AvgIpc) is 3.05. The molecule has 0 heterocycles. The van der Waals surface area contributed by atoms with E-state index in [0.717, 1.165) is 23.5 Å². The van der Waals surface area contributed by atoms with Gasteiger partial charge in [0, 0.05) is 22.4 Å². The predicted molar refractivity (Wildman–Crippen MR) is 197 cm³/mol. The molecule has 7 aromatic rings. The lowest BCUT2D eigenvalue weighted by atomic mass is 9.73. The van der Waals surface area contributed by atoms with Gasteiger partial charge in [0.1, 0.15) is 0 Å². The van der Waals surface area contributed by atoms with Crippen molar-refractivity contribution in [2.24, 2.45) is 0 Å². The SMILES string of the molecule is Cc1cccc(NC2(c3cccc(C)c3)CC=c3ccc4c(N(c5cccc(C)c5)c5cccc(C)c5)ccc5ccc2c3c54)c1. The van der Waals surface area contributed by atoms with Crippen LogP contribution in [0.15, 0.2) is 133 Å². The minimum absolute atomic E-state index is 0.419. The zero-order chi connectivity index (χ0) is 31.4. The summed E-state index contributed by atoms with van der Waals surface area (Å²) in [6.07, 6.45) is 3.30. The molecule has 0 aromatic heterocycles. The molecular formula is C44H38N2. The maximum Gasteiger partial charge on any atom is 0.0920 e. The number of hydrogen-bond donors (Lipinski definition) is 1. The molecular weight excluding hydrogens is 556 g/mol. The molecule has 0 amide bonds. The van der Waals surface area contributed by atoms with Crippen molar-refractivity contribution in [1.29, 1.82) is 0 Å². The summed E-state index contributed by atoms with van der Waals surface area (Å²) in [5.74, 6) is 0. The van der Waals surface area contributed by atoms with E-state index in [1.54, 1.807) is 0 Å². The Morgan fingerprint density at radius 2 is 1.20 bits per heavy atom. The first kappa shape index (κ1) is 28.2. The Morgan fingerprint density at radius 1 is 0.565 bits per heavy atom. The van der Waals surface area contributed by atoms with Crippen molar-refractivity contribution in [3.63, 3.8) is 0 Å². The highest BCUT2D eigenvalue weighted by molar-refractivity contribution is 6.17. The number of nitrogens with zero attached hydrogens (tertiary/aromatic N) is 1. The van der Waals surface area contributed by atoms with E-state index >= 15 is 0 Å². The molecule has 7 aromatic carbocycles. The molecule has 0 aliphatic heterocycles. The fourth-order valence-electron chi connectivity index (χ4n) is 7.56. The number of nitrogens with one attached hydrogen (secondary N) is 1.